The number of allylic oxidation sites excluding steroid dienone is 1. The molecule has 0 amide bonds. The zero-order chi connectivity index (χ0) is 9.84. The molecule has 0 atom stereocenters. The van der Waals surface area contributed by atoms with Crippen LogP contribution in [0.5, 0.6) is 0 Å². The molecular weight excluding hydrogens is 186 g/mol. The third kappa shape index (κ3) is 2.92. The van der Waals surface area contributed by atoms with E-state index in [1.54, 1.807) is 24.3 Å². The lowest BCUT2D eigenvalue weighted by atomic mass is 10.2. The smallest absolute Gasteiger partial charge is 0.152 e. The van der Waals surface area contributed by atoms with Gasteiger partial charge in [0.25, 0.3) is 0 Å². The van der Waals surface area contributed by atoms with Gasteiger partial charge in [-0.15, -0.1) is 0 Å². The molecule has 68 valence electrons. The van der Waals surface area contributed by atoms with Gasteiger partial charge in [-0.05, 0) is 30.7 Å². The summed E-state index contributed by atoms with van der Waals surface area (Å²) < 4.78 is 0. The van der Waals surface area contributed by atoms with E-state index >= 15 is 0 Å². The number of rotatable bonds is 2. The van der Waals surface area contributed by atoms with Crippen molar-refractivity contribution in [3.63, 3.8) is 0 Å². The highest BCUT2D eigenvalue weighted by atomic mass is 35.5. The van der Waals surface area contributed by atoms with Crippen molar-refractivity contribution >= 4 is 29.1 Å². The topological polar surface area (TPSA) is 43.1 Å². The molecule has 0 aliphatic rings. The molecule has 0 fully saturated rings. The van der Waals surface area contributed by atoms with Gasteiger partial charge in [0.2, 0.25) is 0 Å². The van der Waals surface area contributed by atoms with Gasteiger partial charge in [0.15, 0.2) is 5.78 Å². The summed E-state index contributed by atoms with van der Waals surface area (Å²) in [5.74, 6) is 0.00789. The number of benzene rings is 1. The second-order valence-electron chi connectivity index (χ2n) is 2.72. The van der Waals surface area contributed by atoms with Crippen molar-refractivity contribution in [1.82, 2.24) is 0 Å². The van der Waals surface area contributed by atoms with E-state index in [4.69, 9.17) is 17.3 Å². The van der Waals surface area contributed by atoms with Crippen molar-refractivity contribution in [1.29, 1.82) is 0 Å². The van der Waals surface area contributed by atoms with Crippen LogP contribution in [0.15, 0.2) is 24.3 Å². The van der Waals surface area contributed by atoms with E-state index in [2.05, 4.69) is 0 Å². The van der Waals surface area contributed by atoms with Gasteiger partial charge in [-0.25, -0.2) is 0 Å². The Morgan fingerprint density at radius 3 is 2.77 bits per heavy atom. The molecule has 0 unspecified atom stereocenters. The Balaban J connectivity index is 2.92. The molecule has 0 aromatic heterocycles. The average molecular weight is 196 g/mol. The van der Waals surface area contributed by atoms with E-state index in [1.807, 2.05) is 0 Å². The number of anilines is 1. The minimum absolute atomic E-state index is 0.00789. The van der Waals surface area contributed by atoms with Crippen LogP contribution in [-0.2, 0) is 4.79 Å². The molecule has 0 saturated heterocycles. The Bertz CT molecular complexity index is 358. The number of nitrogen functional groups attached to an aromatic ring is 1. The van der Waals surface area contributed by atoms with E-state index in [9.17, 15) is 4.79 Å². The van der Waals surface area contributed by atoms with Crippen LogP contribution < -0.4 is 5.73 Å². The third-order valence-corrected chi connectivity index (χ3v) is 1.87. The first-order valence-electron chi connectivity index (χ1n) is 3.83. The van der Waals surface area contributed by atoms with E-state index in [0.29, 0.717) is 10.7 Å². The maximum atomic E-state index is 10.6. The lowest BCUT2D eigenvalue weighted by molar-refractivity contribution is -0.112. The molecule has 0 aliphatic carbocycles. The van der Waals surface area contributed by atoms with Crippen molar-refractivity contribution in [3.8, 4) is 0 Å². The molecular formula is C10H10ClNO. The van der Waals surface area contributed by atoms with Gasteiger partial charge >= 0.3 is 0 Å². The van der Waals surface area contributed by atoms with Crippen molar-refractivity contribution < 1.29 is 4.79 Å². The summed E-state index contributed by atoms with van der Waals surface area (Å²) in [5, 5.41) is 0.528. The van der Waals surface area contributed by atoms with Crippen LogP contribution in [0.25, 0.3) is 6.08 Å². The summed E-state index contributed by atoms with van der Waals surface area (Å²) in [6.45, 7) is 1.50. The fourth-order valence-corrected chi connectivity index (χ4v) is 0.997. The van der Waals surface area contributed by atoms with Gasteiger partial charge in [0.1, 0.15) is 0 Å². The van der Waals surface area contributed by atoms with Crippen LogP contribution >= 0.6 is 11.6 Å². The van der Waals surface area contributed by atoms with E-state index in [-0.39, 0.29) is 5.78 Å². The summed E-state index contributed by atoms with van der Waals surface area (Å²) in [5.41, 5.74) is 6.97. The number of carbonyl (C=O) groups is 1. The second-order valence-corrected chi connectivity index (χ2v) is 3.13. The lowest BCUT2D eigenvalue weighted by Crippen LogP contribution is -1.87. The maximum Gasteiger partial charge on any atom is 0.152 e. The Kier molecular flexibility index (Phi) is 3.09. The molecule has 0 spiro atoms. The minimum Gasteiger partial charge on any atom is -0.398 e. The lowest BCUT2D eigenvalue weighted by Gasteiger charge is -1.98. The Morgan fingerprint density at radius 2 is 2.23 bits per heavy atom. The number of ketones is 1. The predicted molar refractivity (Wildman–Crippen MR) is 55.6 cm³/mol. The fourth-order valence-electron chi connectivity index (χ4n) is 0.879. The van der Waals surface area contributed by atoms with Gasteiger partial charge in [-0.2, -0.15) is 0 Å². The summed E-state index contributed by atoms with van der Waals surface area (Å²) in [7, 11) is 0. The van der Waals surface area contributed by atoms with Gasteiger partial charge in [-0.3, -0.25) is 4.79 Å². The van der Waals surface area contributed by atoms with Crippen LogP contribution in [0, 0.1) is 0 Å². The third-order valence-electron chi connectivity index (χ3n) is 1.53. The first-order chi connectivity index (χ1) is 6.09. The van der Waals surface area contributed by atoms with Crippen LogP contribution in [0.2, 0.25) is 5.02 Å². The van der Waals surface area contributed by atoms with Gasteiger partial charge in [-0.1, -0.05) is 23.7 Å². The van der Waals surface area contributed by atoms with E-state index in [0.717, 1.165) is 5.56 Å². The van der Waals surface area contributed by atoms with Crippen LogP contribution in [0.3, 0.4) is 0 Å². The molecule has 2 N–H and O–H groups in total. The highest BCUT2D eigenvalue weighted by molar-refractivity contribution is 6.33. The minimum atomic E-state index is 0.00789. The second kappa shape index (κ2) is 4.10. The molecule has 3 heteroatoms. The number of nitrogens with two attached hydrogens (primary N) is 1. The molecule has 0 heterocycles. The van der Waals surface area contributed by atoms with Crippen LogP contribution in [-0.4, -0.2) is 5.78 Å². The molecule has 1 aromatic carbocycles. The van der Waals surface area contributed by atoms with Crippen molar-refractivity contribution in [3.05, 3.63) is 34.9 Å². The van der Waals surface area contributed by atoms with Crippen molar-refractivity contribution in [2.45, 2.75) is 6.92 Å². The Labute approximate surface area is 82.0 Å². The Hall–Kier alpha value is -1.28. The van der Waals surface area contributed by atoms with E-state index < -0.39 is 0 Å². The predicted octanol–water partition coefficient (Wildman–Crippen LogP) is 2.52. The number of hydrogen-bond acceptors (Lipinski definition) is 2. The standard InChI is InChI=1S/C10H10ClNO/c1-7(13)2-3-8-4-5-9(11)10(12)6-8/h2-6H,12H2,1H3/b3-2+. The number of halogens is 1. The zero-order valence-electron chi connectivity index (χ0n) is 7.25. The fraction of sp³-hybridized carbons (Fsp3) is 0.100. The number of hydrogen-bond donors (Lipinski definition) is 1. The molecule has 0 bridgehead atoms. The monoisotopic (exact) mass is 195 g/mol. The van der Waals surface area contributed by atoms with Crippen molar-refractivity contribution in [2.75, 3.05) is 5.73 Å². The average Bonchev–Trinajstić information content (AvgIpc) is 2.07. The molecule has 1 aromatic rings. The molecule has 0 aliphatic heterocycles. The van der Waals surface area contributed by atoms with Gasteiger partial charge < -0.3 is 5.73 Å². The summed E-state index contributed by atoms with van der Waals surface area (Å²) >= 11 is 5.73. The molecule has 0 saturated carbocycles. The Morgan fingerprint density at radius 1 is 1.54 bits per heavy atom. The molecule has 2 nitrogen and oxygen atoms in total. The summed E-state index contributed by atoms with van der Waals surface area (Å²) in [6.07, 6.45) is 3.19. The first-order valence-corrected chi connectivity index (χ1v) is 4.21. The highest BCUT2D eigenvalue weighted by Crippen LogP contribution is 2.19. The highest BCUT2D eigenvalue weighted by Gasteiger charge is 1.95. The van der Waals surface area contributed by atoms with Crippen LogP contribution in [0.4, 0.5) is 5.69 Å². The first kappa shape index (κ1) is 9.81. The summed E-state index contributed by atoms with van der Waals surface area (Å²) in [6, 6.07) is 5.23. The molecule has 1 rings (SSSR count). The van der Waals surface area contributed by atoms with Crippen molar-refractivity contribution in [2.24, 2.45) is 0 Å². The normalized spacial score (nSPS) is 10.6. The number of carbonyl (C=O) groups excluding carboxylic acids is 1. The van der Waals surface area contributed by atoms with E-state index in [1.165, 1.54) is 13.0 Å². The molecule has 0 radical (unpaired) electrons. The quantitative estimate of drug-likeness (QED) is 0.582. The van der Waals surface area contributed by atoms with Gasteiger partial charge in [0.05, 0.1) is 10.7 Å². The van der Waals surface area contributed by atoms with Gasteiger partial charge in [0, 0.05) is 0 Å². The zero-order valence-corrected chi connectivity index (χ0v) is 8.01. The summed E-state index contributed by atoms with van der Waals surface area (Å²) in [4.78, 5) is 10.6. The largest absolute Gasteiger partial charge is 0.398 e. The maximum absolute atomic E-state index is 10.6. The SMILES string of the molecule is CC(=O)/C=C/c1ccc(Cl)c(N)c1. The van der Waals surface area contributed by atoms with Crippen LogP contribution in [0.1, 0.15) is 12.5 Å². The molecule has 13 heavy (non-hydrogen) atoms.